The lowest BCUT2D eigenvalue weighted by molar-refractivity contribution is -0.142. The number of carbonyl (C=O) groups is 1. The Labute approximate surface area is 155 Å². The van der Waals surface area contributed by atoms with Gasteiger partial charge < -0.3 is 15.4 Å². The van der Waals surface area contributed by atoms with Gasteiger partial charge in [-0.05, 0) is 31.4 Å². The molecule has 0 spiro atoms. The fourth-order valence-corrected chi connectivity index (χ4v) is 3.62. The van der Waals surface area contributed by atoms with Crippen molar-refractivity contribution in [2.24, 2.45) is 5.92 Å². The molecule has 1 saturated carbocycles. The van der Waals surface area contributed by atoms with E-state index in [1.165, 1.54) is 6.20 Å². The second-order valence-electron chi connectivity index (χ2n) is 6.71. The topological polar surface area (TPSA) is 128 Å². The van der Waals surface area contributed by atoms with Crippen molar-refractivity contribution >= 4 is 23.0 Å². The average Bonchev–Trinajstić information content (AvgIpc) is 3.12. The van der Waals surface area contributed by atoms with Crippen molar-refractivity contribution in [3.63, 3.8) is 0 Å². The fourth-order valence-electron chi connectivity index (χ4n) is 3.62. The Kier molecular flexibility index (Phi) is 4.42. The van der Waals surface area contributed by atoms with E-state index in [0.717, 1.165) is 29.4 Å². The van der Waals surface area contributed by atoms with E-state index in [2.05, 4.69) is 31.3 Å². The van der Waals surface area contributed by atoms with Crippen LogP contribution in [0.15, 0.2) is 30.7 Å². The van der Waals surface area contributed by atoms with Gasteiger partial charge in [0.25, 0.3) is 0 Å². The van der Waals surface area contributed by atoms with Crippen LogP contribution < -0.4 is 5.32 Å². The quantitative estimate of drug-likeness (QED) is 0.651. The fraction of sp³-hybridized carbons (Fsp3) is 0.316. The Morgan fingerprint density at radius 1 is 1.37 bits per heavy atom. The molecule has 0 radical (unpaired) electrons. The smallest absolute Gasteiger partial charge is 0.306 e. The molecule has 3 aromatic heterocycles. The van der Waals surface area contributed by atoms with Crippen molar-refractivity contribution in [3.05, 3.63) is 36.3 Å². The molecular formula is C19H18N6O2. The van der Waals surface area contributed by atoms with Gasteiger partial charge in [0.1, 0.15) is 11.7 Å². The van der Waals surface area contributed by atoms with Crippen molar-refractivity contribution in [1.29, 1.82) is 5.26 Å². The number of aromatic nitrogens is 4. The molecule has 0 amide bonds. The standard InChI is InChI=1S/C19H18N6O2/c20-8-12-9-23-19(24-13-4-1-3-11(7-13)18(26)27)25-16(12)15-10-22-17-14(15)5-2-6-21-17/h2,5-6,9-11,13H,1,3-4,7H2,(H,21,22)(H,26,27)(H,23,24,25). The molecule has 3 aromatic rings. The minimum atomic E-state index is -0.755. The molecule has 1 aliphatic carbocycles. The SMILES string of the molecule is N#Cc1cnc(NC2CCCC(C(=O)O)C2)nc1-c1c[nH]c2ncccc12. The third kappa shape index (κ3) is 3.31. The zero-order valence-corrected chi connectivity index (χ0v) is 14.5. The molecule has 1 fully saturated rings. The maximum Gasteiger partial charge on any atom is 0.306 e. The van der Waals surface area contributed by atoms with Gasteiger partial charge in [-0.3, -0.25) is 4.79 Å². The third-order valence-corrected chi connectivity index (χ3v) is 4.97. The Hall–Kier alpha value is -3.47. The largest absolute Gasteiger partial charge is 0.481 e. The number of H-pyrrole nitrogens is 1. The summed E-state index contributed by atoms with van der Waals surface area (Å²) in [5, 5.41) is 22.8. The minimum Gasteiger partial charge on any atom is -0.481 e. The van der Waals surface area contributed by atoms with Crippen molar-refractivity contribution in [2.75, 3.05) is 5.32 Å². The van der Waals surface area contributed by atoms with Crippen LogP contribution in [0.4, 0.5) is 5.95 Å². The second kappa shape index (κ2) is 7.03. The van der Waals surface area contributed by atoms with Crippen LogP contribution in [-0.4, -0.2) is 37.1 Å². The van der Waals surface area contributed by atoms with Crippen LogP contribution in [-0.2, 0) is 4.79 Å². The number of carboxylic acid groups (broad SMARTS) is 1. The van der Waals surface area contributed by atoms with E-state index in [1.54, 1.807) is 12.4 Å². The molecule has 0 aliphatic heterocycles. The van der Waals surface area contributed by atoms with Crippen molar-refractivity contribution in [2.45, 2.75) is 31.7 Å². The Balaban J connectivity index is 1.66. The second-order valence-corrected chi connectivity index (χ2v) is 6.71. The number of pyridine rings is 1. The highest BCUT2D eigenvalue weighted by Crippen LogP contribution is 2.30. The molecule has 3 heterocycles. The highest BCUT2D eigenvalue weighted by Gasteiger charge is 2.27. The molecule has 0 saturated heterocycles. The molecule has 136 valence electrons. The predicted octanol–water partition coefficient (Wildman–Crippen LogP) is 2.95. The van der Waals surface area contributed by atoms with E-state index in [-0.39, 0.29) is 12.0 Å². The number of hydrogen-bond acceptors (Lipinski definition) is 6. The molecule has 2 unspecified atom stereocenters. The molecule has 3 N–H and O–H groups in total. The van der Waals surface area contributed by atoms with E-state index in [0.29, 0.717) is 30.0 Å². The highest BCUT2D eigenvalue weighted by molar-refractivity contribution is 5.93. The molecule has 27 heavy (non-hydrogen) atoms. The van der Waals surface area contributed by atoms with Gasteiger partial charge in [0.05, 0.1) is 23.4 Å². The van der Waals surface area contributed by atoms with Crippen LogP contribution >= 0.6 is 0 Å². The first-order chi connectivity index (χ1) is 13.2. The summed E-state index contributed by atoms with van der Waals surface area (Å²) in [6.45, 7) is 0. The monoisotopic (exact) mass is 362 g/mol. The van der Waals surface area contributed by atoms with Crippen LogP contribution in [0.1, 0.15) is 31.2 Å². The first-order valence-corrected chi connectivity index (χ1v) is 8.84. The lowest BCUT2D eigenvalue weighted by Crippen LogP contribution is -2.31. The molecular weight excluding hydrogens is 344 g/mol. The summed E-state index contributed by atoms with van der Waals surface area (Å²) in [5.41, 5.74) is 2.41. The molecule has 0 bridgehead atoms. The van der Waals surface area contributed by atoms with Gasteiger partial charge in [0.15, 0.2) is 0 Å². The van der Waals surface area contributed by atoms with Gasteiger partial charge in [-0.15, -0.1) is 0 Å². The average molecular weight is 362 g/mol. The molecule has 0 aromatic carbocycles. The zero-order valence-electron chi connectivity index (χ0n) is 14.5. The van der Waals surface area contributed by atoms with Crippen LogP contribution in [0.25, 0.3) is 22.3 Å². The number of nitriles is 1. The maximum absolute atomic E-state index is 11.3. The lowest BCUT2D eigenvalue weighted by atomic mass is 9.86. The molecule has 8 heteroatoms. The molecule has 1 aliphatic rings. The normalized spacial score (nSPS) is 19.5. The maximum atomic E-state index is 11.3. The van der Waals surface area contributed by atoms with Crippen LogP contribution in [0, 0.1) is 17.2 Å². The van der Waals surface area contributed by atoms with Gasteiger partial charge in [-0.1, -0.05) is 6.42 Å². The number of fused-ring (bicyclic) bond motifs is 1. The first kappa shape index (κ1) is 17.0. The van der Waals surface area contributed by atoms with Gasteiger partial charge in [0, 0.05) is 29.4 Å². The number of nitrogens with one attached hydrogen (secondary N) is 2. The summed E-state index contributed by atoms with van der Waals surface area (Å²) < 4.78 is 0. The molecule has 2 atom stereocenters. The third-order valence-electron chi connectivity index (χ3n) is 4.97. The predicted molar refractivity (Wildman–Crippen MR) is 98.8 cm³/mol. The number of carboxylic acids is 1. The number of nitrogens with zero attached hydrogens (tertiary/aromatic N) is 4. The van der Waals surface area contributed by atoms with Gasteiger partial charge >= 0.3 is 5.97 Å². The molecule has 8 nitrogen and oxygen atoms in total. The van der Waals surface area contributed by atoms with E-state index in [4.69, 9.17) is 0 Å². The van der Waals surface area contributed by atoms with Crippen LogP contribution in [0.2, 0.25) is 0 Å². The summed E-state index contributed by atoms with van der Waals surface area (Å²) in [6, 6.07) is 5.89. The minimum absolute atomic E-state index is 0.00488. The van der Waals surface area contributed by atoms with E-state index < -0.39 is 5.97 Å². The van der Waals surface area contributed by atoms with Gasteiger partial charge in [-0.2, -0.15) is 5.26 Å². The highest BCUT2D eigenvalue weighted by atomic mass is 16.4. The Bertz CT molecular complexity index is 1040. The number of aromatic amines is 1. The Morgan fingerprint density at radius 2 is 2.26 bits per heavy atom. The Morgan fingerprint density at radius 3 is 3.07 bits per heavy atom. The van der Waals surface area contributed by atoms with Gasteiger partial charge in [-0.25, -0.2) is 15.0 Å². The van der Waals surface area contributed by atoms with Crippen LogP contribution in [0.5, 0.6) is 0 Å². The summed E-state index contributed by atoms with van der Waals surface area (Å²) in [6.07, 6.45) is 7.96. The zero-order chi connectivity index (χ0) is 18.8. The van der Waals surface area contributed by atoms with Gasteiger partial charge in [0.2, 0.25) is 5.95 Å². The lowest BCUT2D eigenvalue weighted by Gasteiger charge is -2.27. The van der Waals surface area contributed by atoms with E-state index >= 15 is 0 Å². The van der Waals surface area contributed by atoms with E-state index in [1.807, 2.05) is 12.1 Å². The van der Waals surface area contributed by atoms with Crippen molar-refractivity contribution in [3.8, 4) is 17.3 Å². The van der Waals surface area contributed by atoms with E-state index in [9.17, 15) is 15.2 Å². The molecule has 4 rings (SSSR count). The number of anilines is 1. The number of rotatable bonds is 4. The van der Waals surface area contributed by atoms with Crippen LogP contribution in [0.3, 0.4) is 0 Å². The summed E-state index contributed by atoms with van der Waals surface area (Å²) in [4.78, 5) is 27.4. The van der Waals surface area contributed by atoms with Crippen molar-refractivity contribution in [1.82, 2.24) is 19.9 Å². The summed E-state index contributed by atoms with van der Waals surface area (Å²) in [7, 11) is 0. The first-order valence-electron chi connectivity index (χ1n) is 8.84. The summed E-state index contributed by atoms with van der Waals surface area (Å²) in [5.74, 6) is -0.693. The van der Waals surface area contributed by atoms with Crippen molar-refractivity contribution < 1.29 is 9.90 Å². The number of aliphatic carboxylic acids is 1. The number of hydrogen-bond donors (Lipinski definition) is 3. The summed E-state index contributed by atoms with van der Waals surface area (Å²) >= 11 is 0.